The number of aryl methyl sites for hydroxylation is 1. The summed E-state index contributed by atoms with van der Waals surface area (Å²) in [6, 6.07) is 4.44. The monoisotopic (exact) mass is 314 g/mol. The van der Waals surface area contributed by atoms with Crippen LogP contribution < -0.4 is 5.32 Å². The molecule has 0 saturated carbocycles. The molecule has 1 aromatic carbocycles. The second-order valence-corrected chi connectivity index (χ2v) is 4.74. The number of nitro benzene ring substituents is 1. The van der Waals surface area contributed by atoms with Crippen molar-refractivity contribution in [3.05, 3.63) is 33.9 Å². The SMILES string of the molecule is Cc1ccc([N+](=O)[O-])cc1NC(=O)CCCCBr. The largest absolute Gasteiger partial charge is 0.326 e. The van der Waals surface area contributed by atoms with E-state index in [0.29, 0.717) is 12.1 Å². The zero-order chi connectivity index (χ0) is 13.5. The van der Waals surface area contributed by atoms with Gasteiger partial charge in [0, 0.05) is 23.9 Å². The number of amides is 1. The average molecular weight is 315 g/mol. The van der Waals surface area contributed by atoms with Gasteiger partial charge in [0.2, 0.25) is 5.91 Å². The van der Waals surface area contributed by atoms with E-state index in [0.717, 1.165) is 23.7 Å². The topological polar surface area (TPSA) is 72.2 Å². The van der Waals surface area contributed by atoms with E-state index in [2.05, 4.69) is 21.2 Å². The molecular weight excluding hydrogens is 300 g/mol. The smallest absolute Gasteiger partial charge is 0.271 e. The number of hydrogen-bond acceptors (Lipinski definition) is 3. The lowest BCUT2D eigenvalue weighted by Crippen LogP contribution is -2.12. The first-order valence-electron chi connectivity index (χ1n) is 5.65. The predicted molar refractivity (Wildman–Crippen MR) is 74.1 cm³/mol. The Bertz CT molecular complexity index is 449. The Hall–Kier alpha value is -1.43. The van der Waals surface area contributed by atoms with E-state index >= 15 is 0 Å². The van der Waals surface area contributed by atoms with Gasteiger partial charge in [-0.05, 0) is 25.3 Å². The molecule has 0 bridgehead atoms. The number of non-ortho nitro benzene ring substituents is 1. The summed E-state index contributed by atoms with van der Waals surface area (Å²) >= 11 is 3.30. The van der Waals surface area contributed by atoms with E-state index in [1.165, 1.54) is 12.1 Å². The molecule has 1 aromatic rings. The number of anilines is 1. The summed E-state index contributed by atoms with van der Waals surface area (Å²) in [7, 11) is 0. The molecule has 0 heterocycles. The van der Waals surface area contributed by atoms with Crippen molar-refractivity contribution in [2.24, 2.45) is 0 Å². The average Bonchev–Trinajstić information content (AvgIpc) is 2.32. The van der Waals surface area contributed by atoms with Crippen molar-refractivity contribution in [1.82, 2.24) is 0 Å². The summed E-state index contributed by atoms with van der Waals surface area (Å²) in [5.41, 5.74) is 1.30. The van der Waals surface area contributed by atoms with Crippen LogP contribution >= 0.6 is 15.9 Å². The van der Waals surface area contributed by atoms with Gasteiger partial charge in [-0.2, -0.15) is 0 Å². The standard InChI is InChI=1S/C12H15BrN2O3/c1-9-5-6-10(15(17)18)8-11(9)14-12(16)4-2-3-7-13/h5-6,8H,2-4,7H2,1H3,(H,14,16). The van der Waals surface area contributed by atoms with Crippen LogP contribution in [-0.2, 0) is 4.79 Å². The molecule has 0 unspecified atom stereocenters. The summed E-state index contributed by atoms with van der Waals surface area (Å²) in [6.07, 6.45) is 2.15. The molecule has 5 nitrogen and oxygen atoms in total. The molecule has 6 heteroatoms. The molecule has 0 aliphatic rings. The minimum Gasteiger partial charge on any atom is -0.326 e. The molecule has 0 saturated heterocycles. The number of halogens is 1. The molecule has 18 heavy (non-hydrogen) atoms. The maximum Gasteiger partial charge on any atom is 0.271 e. The first kappa shape index (κ1) is 14.6. The molecule has 0 aliphatic carbocycles. The summed E-state index contributed by atoms with van der Waals surface area (Å²) in [4.78, 5) is 21.8. The van der Waals surface area contributed by atoms with Crippen molar-refractivity contribution in [1.29, 1.82) is 0 Å². The Balaban J connectivity index is 2.68. The second-order valence-electron chi connectivity index (χ2n) is 3.95. The highest BCUT2D eigenvalue weighted by Gasteiger charge is 2.10. The number of carbonyl (C=O) groups excluding carboxylic acids is 1. The molecule has 0 fully saturated rings. The van der Waals surface area contributed by atoms with E-state index < -0.39 is 4.92 Å². The molecule has 0 aromatic heterocycles. The van der Waals surface area contributed by atoms with Gasteiger partial charge in [-0.3, -0.25) is 14.9 Å². The quantitative estimate of drug-likeness (QED) is 0.378. The van der Waals surface area contributed by atoms with Crippen molar-refractivity contribution < 1.29 is 9.72 Å². The highest BCUT2D eigenvalue weighted by atomic mass is 79.9. The van der Waals surface area contributed by atoms with Gasteiger partial charge in [0.25, 0.3) is 5.69 Å². The lowest BCUT2D eigenvalue weighted by atomic mass is 10.1. The highest BCUT2D eigenvalue weighted by Crippen LogP contribution is 2.22. The van der Waals surface area contributed by atoms with Crippen molar-refractivity contribution in [3.63, 3.8) is 0 Å². The number of benzene rings is 1. The normalized spacial score (nSPS) is 10.1. The van der Waals surface area contributed by atoms with Crippen LogP contribution in [0.2, 0.25) is 0 Å². The number of carbonyl (C=O) groups is 1. The van der Waals surface area contributed by atoms with Crippen LogP contribution in [0.3, 0.4) is 0 Å². The van der Waals surface area contributed by atoms with E-state index in [1.807, 2.05) is 0 Å². The van der Waals surface area contributed by atoms with Crippen molar-refractivity contribution in [2.75, 3.05) is 10.6 Å². The summed E-state index contributed by atoms with van der Waals surface area (Å²) in [5, 5.41) is 14.2. The number of alkyl halides is 1. The number of hydrogen-bond donors (Lipinski definition) is 1. The fraction of sp³-hybridized carbons (Fsp3) is 0.417. The van der Waals surface area contributed by atoms with E-state index in [1.54, 1.807) is 13.0 Å². The lowest BCUT2D eigenvalue weighted by Gasteiger charge is -2.07. The minimum absolute atomic E-state index is 0.0173. The zero-order valence-corrected chi connectivity index (χ0v) is 11.7. The third kappa shape index (κ3) is 4.44. The lowest BCUT2D eigenvalue weighted by molar-refractivity contribution is -0.384. The number of rotatable bonds is 6. The highest BCUT2D eigenvalue weighted by molar-refractivity contribution is 9.09. The molecule has 98 valence electrons. The van der Waals surface area contributed by atoms with Crippen LogP contribution in [0.4, 0.5) is 11.4 Å². The second kappa shape index (κ2) is 7.10. The summed E-state index contributed by atoms with van der Waals surface area (Å²) in [6.45, 7) is 1.80. The van der Waals surface area contributed by atoms with Crippen LogP contribution in [0.5, 0.6) is 0 Å². The number of nitro groups is 1. The van der Waals surface area contributed by atoms with E-state index in [4.69, 9.17) is 0 Å². The van der Waals surface area contributed by atoms with Gasteiger partial charge in [0.1, 0.15) is 0 Å². The third-order valence-corrected chi connectivity index (χ3v) is 3.05. The molecule has 0 spiro atoms. The molecule has 1 N–H and O–H groups in total. The van der Waals surface area contributed by atoms with E-state index in [-0.39, 0.29) is 11.6 Å². The Labute approximate surface area is 114 Å². The molecule has 0 atom stereocenters. The predicted octanol–water partition coefficient (Wildman–Crippen LogP) is 3.41. The maximum absolute atomic E-state index is 11.6. The fourth-order valence-corrected chi connectivity index (χ4v) is 1.85. The van der Waals surface area contributed by atoms with Gasteiger partial charge in [-0.25, -0.2) is 0 Å². The van der Waals surface area contributed by atoms with Crippen LogP contribution in [0.15, 0.2) is 18.2 Å². The number of nitrogens with zero attached hydrogens (tertiary/aromatic N) is 1. The Morgan fingerprint density at radius 3 is 2.78 bits per heavy atom. The first-order chi connectivity index (χ1) is 8.54. The van der Waals surface area contributed by atoms with Crippen molar-refractivity contribution >= 4 is 33.2 Å². The van der Waals surface area contributed by atoms with Crippen LogP contribution in [0.25, 0.3) is 0 Å². The van der Waals surface area contributed by atoms with Gasteiger partial charge < -0.3 is 5.32 Å². The van der Waals surface area contributed by atoms with Gasteiger partial charge in [-0.15, -0.1) is 0 Å². The number of unbranched alkanes of at least 4 members (excludes halogenated alkanes) is 1. The molecule has 1 amide bonds. The van der Waals surface area contributed by atoms with Gasteiger partial charge in [0.05, 0.1) is 10.6 Å². The Morgan fingerprint density at radius 1 is 1.44 bits per heavy atom. The van der Waals surface area contributed by atoms with Crippen molar-refractivity contribution in [2.45, 2.75) is 26.2 Å². The maximum atomic E-state index is 11.6. The fourth-order valence-electron chi connectivity index (χ4n) is 1.45. The first-order valence-corrected chi connectivity index (χ1v) is 6.77. The van der Waals surface area contributed by atoms with Crippen LogP contribution in [0.1, 0.15) is 24.8 Å². The Morgan fingerprint density at radius 2 is 2.17 bits per heavy atom. The molecule has 1 rings (SSSR count). The van der Waals surface area contributed by atoms with Crippen LogP contribution in [-0.4, -0.2) is 16.2 Å². The molecule has 0 aliphatic heterocycles. The van der Waals surface area contributed by atoms with Gasteiger partial charge >= 0.3 is 0 Å². The third-order valence-electron chi connectivity index (χ3n) is 2.49. The minimum atomic E-state index is -0.472. The summed E-state index contributed by atoms with van der Waals surface area (Å²) in [5.74, 6) is -0.112. The molecule has 0 radical (unpaired) electrons. The Kier molecular flexibility index (Phi) is 5.77. The van der Waals surface area contributed by atoms with Crippen LogP contribution in [0, 0.1) is 17.0 Å². The van der Waals surface area contributed by atoms with Crippen molar-refractivity contribution in [3.8, 4) is 0 Å². The number of nitrogens with one attached hydrogen (secondary N) is 1. The summed E-state index contributed by atoms with van der Waals surface area (Å²) < 4.78 is 0. The molecular formula is C12H15BrN2O3. The van der Waals surface area contributed by atoms with E-state index in [9.17, 15) is 14.9 Å². The zero-order valence-electron chi connectivity index (χ0n) is 10.1. The van der Waals surface area contributed by atoms with Gasteiger partial charge in [0.15, 0.2) is 0 Å². The van der Waals surface area contributed by atoms with Gasteiger partial charge in [-0.1, -0.05) is 22.0 Å².